The van der Waals surface area contributed by atoms with Crippen molar-refractivity contribution in [2.45, 2.75) is 6.54 Å². The molecule has 0 aliphatic rings. The molecule has 1 atom stereocenters. The number of carbonyl (C=O) groups is 1. The Labute approximate surface area is 55.3 Å². The first kappa shape index (κ1) is 6.43. The van der Waals surface area contributed by atoms with Gasteiger partial charge >= 0.3 is 0 Å². The molecule has 0 aliphatic heterocycles. The highest BCUT2D eigenvalue weighted by Gasteiger charge is 1.92. The summed E-state index contributed by atoms with van der Waals surface area (Å²) in [5.41, 5.74) is 0.0405. The smallest absolute Gasteiger partial charge is 0.169 e. The number of rotatable bonds is 2. The largest absolute Gasteiger partial charge is 0.293 e. The number of hydrogen-bond donors (Lipinski definition) is 0. The molecule has 9 heavy (non-hydrogen) atoms. The topological polar surface area (TPSA) is 34.9 Å². The molecule has 0 saturated carbocycles. The third-order valence-corrected chi connectivity index (χ3v) is 1.06. The highest BCUT2D eigenvalue weighted by molar-refractivity contribution is 7.39. The van der Waals surface area contributed by atoms with Gasteiger partial charge in [-0.2, -0.15) is 5.10 Å². The summed E-state index contributed by atoms with van der Waals surface area (Å²) in [7, 11) is 2.10. The van der Waals surface area contributed by atoms with Gasteiger partial charge in [0.1, 0.15) is 6.54 Å². The zero-order valence-electron chi connectivity index (χ0n) is 4.82. The van der Waals surface area contributed by atoms with Gasteiger partial charge in [0.25, 0.3) is 0 Å². The molecule has 0 fully saturated rings. The zero-order valence-corrected chi connectivity index (χ0v) is 5.97. The van der Waals surface area contributed by atoms with Crippen LogP contribution < -0.4 is 0 Å². The summed E-state index contributed by atoms with van der Waals surface area (Å²) in [6.07, 6.45) is 3.40. The van der Waals surface area contributed by atoms with Gasteiger partial charge in [-0.3, -0.25) is 9.48 Å². The Morgan fingerprint density at radius 3 is 3.00 bits per heavy atom. The number of aromatic nitrogens is 2. The molecule has 48 valence electrons. The van der Waals surface area contributed by atoms with E-state index in [9.17, 15) is 4.79 Å². The quantitative estimate of drug-likeness (QED) is 0.556. The molecule has 3 nitrogen and oxygen atoms in total. The minimum atomic E-state index is 0.0405. The average Bonchev–Trinajstić information content (AvgIpc) is 2.15. The molecule has 0 spiro atoms. The van der Waals surface area contributed by atoms with Crippen LogP contribution in [-0.2, 0) is 11.3 Å². The van der Waals surface area contributed by atoms with Crippen molar-refractivity contribution < 1.29 is 4.79 Å². The summed E-state index contributed by atoms with van der Waals surface area (Å²) in [5, 5.41) is 3.84. The maximum Gasteiger partial charge on any atom is 0.169 e. The number of carbonyl (C=O) groups excluding carboxylic acids is 1. The van der Waals surface area contributed by atoms with Crippen LogP contribution in [0.3, 0.4) is 0 Å². The molecule has 0 bridgehead atoms. The van der Waals surface area contributed by atoms with E-state index in [-0.39, 0.29) is 5.52 Å². The van der Waals surface area contributed by atoms with Gasteiger partial charge in [0.15, 0.2) is 5.52 Å². The van der Waals surface area contributed by atoms with Gasteiger partial charge < -0.3 is 0 Å². The van der Waals surface area contributed by atoms with E-state index in [1.807, 2.05) is 0 Å². The molecule has 0 N–H and O–H groups in total. The van der Waals surface area contributed by atoms with Gasteiger partial charge in [0, 0.05) is 12.4 Å². The van der Waals surface area contributed by atoms with Gasteiger partial charge in [-0.25, -0.2) is 0 Å². The van der Waals surface area contributed by atoms with Crippen LogP contribution in [0.1, 0.15) is 0 Å². The molecule has 0 radical (unpaired) electrons. The lowest BCUT2D eigenvalue weighted by molar-refractivity contribution is -0.111. The van der Waals surface area contributed by atoms with Crippen molar-refractivity contribution in [3.05, 3.63) is 18.5 Å². The molecular weight excluding hydrogens is 135 g/mol. The molecule has 1 heterocycles. The molecule has 0 aromatic carbocycles. The zero-order chi connectivity index (χ0) is 6.69. The van der Waals surface area contributed by atoms with Crippen molar-refractivity contribution in [2.24, 2.45) is 0 Å². The van der Waals surface area contributed by atoms with Crippen molar-refractivity contribution in [1.29, 1.82) is 0 Å². The normalized spacial score (nSPS) is 9.44. The Morgan fingerprint density at radius 2 is 2.56 bits per heavy atom. The minimum absolute atomic E-state index is 0.0405. The first-order valence-corrected chi connectivity index (χ1v) is 3.12. The van der Waals surface area contributed by atoms with E-state index in [1.54, 1.807) is 23.1 Å². The first-order valence-electron chi connectivity index (χ1n) is 2.55. The fraction of sp³-hybridized carbons (Fsp3) is 0.200. The second-order valence-electron chi connectivity index (χ2n) is 1.67. The van der Waals surface area contributed by atoms with Crippen LogP contribution in [0, 0.1) is 0 Å². The lowest BCUT2D eigenvalue weighted by atomic mass is 10.7. The molecule has 1 unspecified atom stereocenters. The van der Waals surface area contributed by atoms with Crippen molar-refractivity contribution in [3.8, 4) is 0 Å². The maximum atomic E-state index is 10.4. The average molecular weight is 142 g/mol. The van der Waals surface area contributed by atoms with Gasteiger partial charge in [0.2, 0.25) is 0 Å². The predicted octanol–water partition coefficient (Wildman–Crippen LogP) is 0.285. The number of hydrogen-bond acceptors (Lipinski definition) is 2. The highest BCUT2D eigenvalue weighted by Crippen LogP contribution is 1.90. The molecule has 1 aromatic rings. The lowest BCUT2D eigenvalue weighted by Crippen LogP contribution is -2.03. The summed E-state index contributed by atoms with van der Waals surface area (Å²) in [4.78, 5) is 10.4. The van der Waals surface area contributed by atoms with Crippen LogP contribution in [0.25, 0.3) is 0 Å². The second kappa shape index (κ2) is 2.74. The van der Waals surface area contributed by atoms with Crippen molar-refractivity contribution in [3.63, 3.8) is 0 Å². The van der Waals surface area contributed by atoms with E-state index in [2.05, 4.69) is 14.3 Å². The summed E-state index contributed by atoms with van der Waals surface area (Å²) in [6.45, 7) is 0.345. The fourth-order valence-corrected chi connectivity index (χ4v) is 0.741. The monoisotopic (exact) mass is 142 g/mol. The van der Waals surface area contributed by atoms with Gasteiger partial charge in [-0.15, -0.1) is 0 Å². The molecule has 1 rings (SSSR count). The highest BCUT2D eigenvalue weighted by atomic mass is 31.0. The SMILES string of the molecule is O=C(P)Cn1cccn1. The Balaban J connectivity index is 2.58. The molecule has 0 amide bonds. The van der Waals surface area contributed by atoms with Crippen LogP contribution in [-0.4, -0.2) is 15.3 Å². The third kappa shape index (κ3) is 1.94. The van der Waals surface area contributed by atoms with Crippen LogP contribution in [0.15, 0.2) is 18.5 Å². The standard InChI is InChI=1S/C5H7N2OP/c8-5(9)4-7-3-1-2-6-7/h1-3H,4,9H2. The van der Waals surface area contributed by atoms with E-state index in [1.165, 1.54) is 0 Å². The van der Waals surface area contributed by atoms with Crippen molar-refractivity contribution >= 4 is 14.8 Å². The third-order valence-electron chi connectivity index (χ3n) is 0.877. The van der Waals surface area contributed by atoms with Crippen LogP contribution >= 0.6 is 9.24 Å². The number of nitrogens with zero attached hydrogens (tertiary/aromatic N) is 2. The molecule has 0 saturated heterocycles. The van der Waals surface area contributed by atoms with E-state index >= 15 is 0 Å². The maximum absolute atomic E-state index is 10.4. The minimum Gasteiger partial charge on any atom is -0.293 e. The predicted molar refractivity (Wildman–Crippen MR) is 36.9 cm³/mol. The second-order valence-corrected chi connectivity index (χ2v) is 2.31. The first-order chi connectivity index (χ1) is 4.29. The van der Waals surface area contributed by atoms with E-state index < -0.39 is 0 Å². The Morgan fingerprint density at radius 1 is 1.78 bits per heavy atom. The van der Waals surface area contributed by atoms with E-state index in [0.717, 1.165) is 0 Å². The fourth-order valence-electron chi connectivity index (χ4n) is 0.554. The van der Waals surface area contributed by atoms with Crippen molar-refractivity contribution in [2.75, 3.05) is 0 Å². The summed E-state index contributed by atoms with van der Waals surface area (Å²) >= 11 is 0. The van der Waals surface area contributed by atoms with Gasteiger partial charge in [-0.05, 0) is 6.07 Å². The Hall–Kier alpha value is -0.690. The van der Waals surface area contributed by atoms with Crippen LogP contribution in [0.5, 0.6) is 0 Å². The Bertz CT molecular complexity index is 195. The molecule has 1 aromatic heterocycles. The van der Waals surface area contributed by atoms with E-state index in [4.69, 9.17) is 0 Å². The molecule has 0 aliphatic carbocycles. The Kier molecular flexibility index (Phi) is 1.96. The van der Waals surface area contributed by atoms with E-state index in [0.29, 0.717) is 6.54 Å². The van der Waals surface area contributed by atoms with Crippen LogP contribution in [0.4, 0.5) is 0 Å². The van der Waals surface area contributed by atoms with Crippen molar-refractivity contribution in [1.82, 2.24) is 9.78 Å². The van der Waals surface area contributed by atoms with Crippen LogP contribution in [0.2, 0.25) is 0 Å². The molecule has 4 heteroatoms. The summed E-state index contributed by atoms with van der Waals surface area (Å²) in [6, 6.07) is 1.79. The summed E-state index contributed by atoms with van der Waals surface area (Å²) < 4.78 is 1.58. The van der Waals surface area contributed by atoms with Gasteiger partial charge in [0.05, 0.1) is 0 Å². The summed E-state index contributed by atoms with van der Waals surface area (Å²) in [5.74, 6) is 0. The van der Waals surface area contributed by atoms with Gasteiger partial charge in [-0.1, -0.05) is 9.24 Å². The molecular formula is C5H7N2OP. The lowest BCUT2D eigenvalue weighted by Gasteiger charge is -1.92.